The maximum Gasteiger partial charge on any atom is 0.320 e. The highest BCUT2D eigenvalue weighted by Crippen LogP contribution is 2.38. The summed E-state index contributed by atoms with van der Waals surface area (Å²) in [5.41, 5.74) is 5.11. The van der Waals surface area contributed by atoms with Gasteiger partial charge in [-0.25, -0.2) is 4.79 Å². The molecular formula is C28H44N4O3. The smallest absolute Gasteiger partial charge is 0.320 e. The van der Waals surface area contributed by atoms with Gasteiger partial charge in [0, 0.05) is 45.2 Å². The number of hydrogen-bond acceptors (Lipinski definition) is 4. The number of anilines is 2. The number of hydrogen-bond donors (Lipinski definition) is 1. The van der Waals surface area contributed by atoms with Crippen LogP contribution in [0.3, 0.4) is 0 Å². The van der Waals surface area contributed by atoms with E-state index >= 15 is 0 Å². The first-order valence-corrected chi connectivity index (χ1v) is 13.8. The van der Waals surface area contributed by atoms with Crippen LogP contribution in [0.1, 0.15) is 64.0 Å². The molecule has 2 fully saturated rings. The predicted octanol–water partition coefficient (Wildman–Crippen LogP) is 4.54. The number of amides is 3. The quantitative estimate of drug-likeness (QED) is 0.617. The van der Waals surface area contributed by atoms with Crippen molar-refractivity contribution in [3.63, 3.8) is 0 Å². The number of fused-ring (bicyclic) bond motifs is 1. The number of nitrogens with one attached hydrogen (secondary N) is 1. The molecule has 2 heterocycles. The SMILES string of the molecule is CCCN(CC1CCN(C(=O)N2CCOCC2)CC1)c1c(NC(=O)C(C)C)ccc2c1CCCC2. The third-order valence-electron chi connectivity index (χ3n) is 7.74. The molecule has 2 aliphatic heterocycles. The van der Waals surface area contributed by atoms with Gasteiger partial charge in [-0.05, 0) is 68.1 Å². The molecule has 3 aliphatic rings. The van der Waals surface area contributed by atoms with Crippen LogP contribution in [0.4, 0.5) is 16.2 Å². The van der Waals surface area contributed by atoms with Crippen molar-refractivity contribution >= 4 is 23.3 Å². The lowest BCUT2D eigenvalue weighted by Gasteiger charge is -2.39. The summed E-state index contributed by atoms with van der Waals surface area (Å²) >= 11 is 0. The normalized spacial score (nSPS) is 19.0. The minimum absolute atomic E-state index is 0.0492. The molecule has 0 spiro atoms. The standard InChI is InChI=1S/C28H44N4O3/c1-4-13-32(20-22-11-14-30(15-12-22)28(34)31-16-18-35-19-17-31)26-24-8-6-5-7-23(24)9-10-25(26)29-27(33)21(2)3/h9-10,21-22H,4-8,11-20H2,1-3H3,(H,29,33). The van der Waals surface area contributed by atoms with Gasteiger partial charge in [-0.15, -0.1) is 0 Å². The van der Waals surface area contributed by atoms with Crippen LogP contribution in [0.15, 0.2) is 12.1 Å². The van der Waals surface area contributed by atoms with Gasteiger partial charge in [-0.1, -0.05) is 26.8 Å². The maximum absolute atomic E-state index is 12.9. The van der Waals surface area contributed by atoms with Gasteiger partial charge in [0.2, 0.25) is 5.91 Å². The fourth-order valence-corrected chi connectivity index (χ4v) is 5.69. The van der Waals surface area contributed by atoms with E-state index in [0.29, 0.717) is 32.2 Å². The number of carbonyl (C=O) groups excluding carboxylic acids is 2. The van der Waals surface area contributed by atoms with E-state index in [1.54, 1.807) is 0 Å². The van der Waals surface area contributed by atoms with E-state index in [9.17, 15) is 9.59 Å². The van der Waals surface area contributed by atoms with E-state index in [2.05, 4.69) is 29.3 Å². The monoisotopic (exact) mass is 484 g/mol. The Balaban J connectivity index is 1.48. The summed E-state index contributed by atoms with van der Waals surface area (Å²) in [4.78, 5) is 32.1. The minimum Gasteiger partial charge on any atom is -0.378 e. The number of nitrogens with zero attached hydrogens (tertiary/aromatic N) is 3. The number of morpholine rings is 1. The van der Waals surface area contributed by atoms with Gasteiger partial charge in [-0.2, -0.15) is 0 Å². The topological polar surface area (TPSA) is 65.1 Å². The fraction of sp³-hybridized carbons (Fsp3) is 0.714. The number of aryl methyl sites for hydroxylation is 1. The molecule has 1 aromatic rings. The molecule has 1 aliphatic carbocycles. The minimum atomic E-state index is -0.0492. The first-order chi connectivity index (χ1) is 17.0. The predicted molar refractivity (Wildman–Crippen MR) is 141 cm³/mol. The molecule has 2 saturated heterocycles. The van der Waals surface area contributed by atoms with Crippen molar-refractivity contribution in [2.75, 3.05) is 62.7 Å². The maximum atomic E-state index is 12.9. The molecule has 0 radical (unpaired) electrons. The van der Waals surface area contributed by atoms with E-state index in [1.165, 1.54) is 29.7 Å². The lowest BCUT2D eigenvalue weighted by Crippen LogP contribution is -2.51. The van der Waals surface area contributed by atoms with Crippen LogP contribution in [0.25, 0.3) is 0 Å². The summed E-state index contributed by atoms with van der Waals surface area (Å²) in [6, 6.07) is 4.53. The van der Waals surface area contributed by atoms with Crippen LogP contribution in [0, 0.1) is 11.8 Å². The molecule has 0 saturated carbocycles. The average molecular weight is 485 g/mol. The zero-order valence-electron chi connectivity index (χ0n) is 22.0. The molecule has 1 N–H and O–H groups in total. The van der Waals surface area contributed by atoms with E-state index in [-0.39, 0.29) is 17.9 Å². The zero-order valence-corrected chi connectivity index (χ0v) is 22.0. The van der Waals surface area contributed by atoms with Crippen molar-refractivity contribution in [1.82, 2.24) is 9.80 Å². The molecule has 0 unspecified atom stereocenters. The second kappa shape index (κ2) is 12.1. The Kier molecular flexibility index (Phi) is 8.93. The molecule has 4 rings (SSSR count). The second-order valence-electron chi connectivity index (χ2n) is 10.7. The number of urea groups is 1. The third kappa shape index (κ3) is 6.29. The van der Waals surface area contributed by atoms with Gasteiger partial charge < -0.3 is 24.8 Å². The van der Waals surface area contributed by atoms with Crippen molar-refractivity contribution in [3.05, 3.63) is 23.3 Å². The van der Waals surface area contributed by atoms with Crippen molar-refractivity contribution in [2.24, 2.45) is 11.8 Å². The molecule has 35 heavy (non-hydrogen) atoms. The number of piperidine rings is 1. The van der Waals surface area contributed by atoms with Crippen molar-refractivity contribution < 1.29 is 14.3 Å². The Morgan fingerprint density at radius 3 is 2.43 bits per heavy atom. The first kappa shape index (κ1) is 25.8. The fourth-order valence-electron chi connectivity index (χ4n) is 5.69. The third-order valence-corrected chi connectivity index (χ3v) is 7.74. The van der Waals surface area contributed by atoms with Crippen molar-refractivity contribution in [1.29, 1.82) is 0 Å². The molecular weight excluding hydrogens is 440 g/mol. The van der Waals surface area contributed by atoms with Gasteiger partial charge in [0.25, 0.3) is 0 Å². The van der Waals surface area contributed by atoms with E-state index in [1.807, 2.05) is 23.6 Å². The Morgan fingerprint density at radius 2 is 1.74 bits per heavy atom. The zero-order chi connectivity index (χ0) is 24.8. The van der Waals surface area contributed by atoms with Crippen LogP contribution in [0.2, 0.25) is 0 Å². The molecule has 0 atom stereocenters. The summed E-state index contributed by atoms with van der Waals surface area (Å²) in [5, 5.41) is 3.25. The van der Waals surface area contributed by atoms with Gasteiger partial charge in [0.1, 0.15) is 0 Å². The summed E-state index contributed by atoms with van der Waals surface area (Å²) in [7, 11) is 0. The number of carbonyl (C=O) groups is 2. The van der Waals surface area contributed by atoms with Crippen LogP contribution in [-0.4, -0.2) is 74.2 Å². The van der Waals surface area contributed by atoms with Crippen molar-refractivity contribution in [3.8, 4) is 0 Å². The Labute approximate surface area is 211 Å². The lowest BCUT2D eigenvalue weighted by molar-refractivity contribution is -0.118. The Morgan fingerprint density at radius 1 is 1.06 bits per heavy atom. The van der Waals surface area contributed by atoms with Gasteiger partial charge >= 0.3 is 6.03 Å². The summed E-state index contributed by atoms with van der Waals surface area (Å²) in [5.74, 6) is 0.573. The second-order valence-corrected chi connectivity index (χ2v) is 10.7. The molecule has 194 valence electrons. The summed E-state index contributed by atoms with van der Waals surface area (Å²) in [6.07, 6.45) is 7.79. The van der Waals surface area contributed by atoms with Gasteiger partial charge in [-0.3, -0.25) is 4.79 Å². The number of rotatable bonds is 7. The van der Waals surface area contributed by atoms with Crippen LogP contribution in [-0.2, 0) is 22.4 Å². The lowest BCUT2D eigenvalue weighted by atomic mass is 9.88. The molecule has 3 amide bonds. The molecule has 7 nitrogen and oxygen atoms in total. The molecule has 0 bridgehead atoms. The van der Waals surface area contributed by atoms with Crippen LogP contribution >= 0.6 is 0 Å². The Bertz CT molecular complexity index is 873. The number of ether oxygens (including phenoxy) is 1. The summed E-state index contributed by atoms with van der Waals surface area (Å²) < 4.78 is 5.40. The number of likely N-dealkylation sites (tertiary alicyclic amines) is 1. The number of benzene rings is 1. The van der Waals surface area contributed by atoms with Gasteiger partial charge in [0.05, 0.1) is 24.6 Å². The summed E-state index contributed by atoms with van der Waals surface area (Å²) in [6.45, 7) is 12.4. The van der Waals surface area contributed by atoms with E-state index in [4.69, 9.17) is 4.74 Å². The van der Waals surface area contributed by atoms with E-state index in [0.717, 1.165) is 64.0 Å². The molecule has 1 aromatic carbocycles. The van der Waals surface area contributed by atoms with E-state index < -0.39 is 0 Å². The first-order valence-electron chi connectivity index (χ1n) is 13.8. The van der Waals surface area contributed by atoms with Gasteiger partial charge in [0.15, 0.2) is 0 Å². The highest BCUT2D eigenvalue weighted by molar-refractivity contribution is 5.96. The highest BCUT2D eigenvalue weighted by atomic mass is 16.5. The largest absolute Gasteiger partial charge is 0.378 e. The highest BCUT2D eigenvalue weighted by Gasteiger charge is 2.30. The van der Waals surface area contributed by atoms with Crippen molar-refractivity contribution in [2.45, 2.75) is 65.7 Å². The molecule has 0 aromatic heterocycles. The Hall–Kier alpha value is -2.28. The van der Waals surface area contributed by atoms with Crippen LogP contribution < -0.4 is 10.2 Å². The average Bonchev–Trinajstić information content (AvgIpc) is 2.89. The van der Waals surface area contributed by atoms with Crippen LogP contribution in [0.5, 0.6) is 0 Å². The molecule has 7 heteroatoms.